The van der Waals surface area contributed by atoms with Crippen LogP contribution < -0.4 is 10.6 Å². The monoisotopic (exact) mass is 294 g/mol. The molecule has 1 unspecified atom stereocenters. The van der Waals surface area contributed by atoms with Gasteiger partial charge in [0.15, 0.2) is 0 Å². The summed E-state index contributed by atoms with van der Waals surface area (Å²) in [5.41, 5.74) is 7.76. The Kier molecular flexibility index (Phi) is 3.68. The molecule has 1 aliphatic rings. The molecule has 0 amide bonds. The highest BCUT2D eigenvalue weighted by Crippen LogP contribution is 2.29. The van der Waals surface area contributed by atoms with Crippen LogP contribution in [0.25, 0.3) is 11.3 Å². The predicted molar refractivity (Wildman–Crippen MR) is 79.8 cm³/mol. The number of thiophene rings is 1. The summed E-state index contributed by atoms with van der Waals surface area (Å²) in [5.74, 6) is 0.771. The van der Waals surface area contributed by atoms with Crippen LogP contribution in [0.15, 0.2) is 23.7 Å². The molecule has 0 saturated carbocycles. The summed E-state index contributed by atoms with van der Waals surface area (Å²) in [5, 5.41) is 2.01. The molecular weight excluding hydrogens is 280 g/mol. The van der Waals surface area contributed by atoms with Gasteiger partial charge in [0.05, 0.1) is 10.0 Å². The second-order valence-electron chi connectivity index (χ2n) is 4.61. The smallest absolute Gasteiger partial charge is 0.226 e. The predicted octanol–water partition coefficient (Wildman–Crippen LogP) is 2.79. The maximum Gasteiger partial charge on any atom is 0.226 e. The molecule has 4 nitrogen and oxygen atoms in total. The molecule has 0 radical (unpaired) electrons. The van der Waals surface area contributed by atoms with Gasteiger partial charge in [-0.2, -0.15) is 0 Å². The van der Waals surface area contributed by atoms with Crippen molar-refractivity contribution < 1.29 is 0 Å². The Hall–Kier alpha value is -1.17. The van der Waals surface area contributed by atoms with Gasteiger partial charge in [-0.3, -0.25) is 0 Å². The lowest BCUT2D eigenvalue weighted by molar-refractivity contribution is 0.664. The molecule has 1 aliphatic heterocycles. The molecule has 0 aliphatic carbocycles. The van der Waals surface area contributed by atoms with Crippen LogP contribution >= 0.6 is 22.9 Å². The molecule has 100 valence electrons. The topological polar surface area (TPSA) is 55.0 Å². The molecule has 0 bridgehead atoms. The van der Waals surface area contributed by atoms with Crippen molar-refractivity contribution in [2.75, 3.05) is 18.0 Å². The fourth-order valence-electron chi connectivity index (χ4n) is 2.44. The Morgan fingerprint density at radius 1 is 1.53 bits per heavy atom. The molecule has 1 fully saturated rings. The van der Waals surface area contributed by atoms with Gasteiger partial charge in [0.25, 0.3) is 0 Å². The summed E-state index contributed by atoms with van der Waals surface area (Å²) in [6.45, 7) is 1.63. The van der Waals surface area contributed by atoms with E-state index in [2.05, 4.69) is 14.9 Å². The Labute approximate surface area is 121 Å². The van der Waals surface area contributed by atoms with E-state index in [1.54, 1.807) is 6.20 Å². The van der Waals surface area contributed by atoms with Crippen LogP contribution in [0.4, 0.5) is 5.95 Å². The van der Waals surface area contributed by atoms with E-state index in [1.807, 2.05) is 17.5 Å². The van der Waals surface area contributed by atoms with Crippen LogP contribution in [-0.4, -0.2) is 29.1 Å². The normalized spacial score (nSPS) is 19.1. The zero-order valence-electron chi connectivity index (χ0n) is 10.4. The first-order valence-electron chi connectivity index (χ1n) is 6.32. The van der Waals surface area contributed by atoms with Gasteiger partial charge in [-0.25, -0.2) is 9.97 Å². The highest BCUT2D eigenvalue weighted by Gasteiger charge is 2.25. The van der Waals surface area contributed by atoms with E-state index in [0.717, 1.165) is 40.9 Å². The lowest BCUT2D eigenvalue weighted by Gasteiger charge is -2.23. The van der Waals surface area contributed by atoms with Crippen molar-refractivity contribution in [2.24, 2.45) is 5.73 Å². The Balaban J connectivity index is 1.91. The van der Waals surface area contributed by atoms with Crippen molar-refractivity contribution >= 4 is 28.9 Å². The molecule has 3 heterocycles. The Morgan fingerprint density at radius 3 is 3.16 bits per heavy atom. The number of hydrogen-bond donors (Lipinski definition) is 1. The summed E-state index contributed by atoms with van der Waals surface area (Å²) in [4.78, 5) is 11.2. The van der Waals surface area contributed by atoms with Crippen molar-refractivity contribution in [1.82, 2.24) is 9.97 Å². The summed E-state index contributed by atoms with van der Waals surface area (Å²) >= 11 is 7.48. The maximum atomic E-state index is 5.97. The van der Waals surface area contributed by atoms with Gasteiger partial charge in [-0.15, -0.1) is 11.3 Å². The van der Waals surface area contributed by atoms with E-state index in [9.17, 15) is 0 Å². The summed E-state index contributed by atoms with van der Waals surface area (Å²) < 4.78 is 0.774. The van der Waals surface area contributed by atoms with Crippen molar-refractivity contribution in [3.8, 4) is 11.3 Å². The number of nitrogens with two attached hydrogens (primary N) is 1. The molecule has 19 heavy (non-hydrogen) atoms. The van der Waals surface area contributed by atoms with Gasteiger partial charge < -0.3 is 10.6 Å². The molecule has 1 atom stereocenters. The average molecular weight is 295 g/mol. The molecule has 0 spiro atoms. The lowest BCUT2D eigenvalue weighted by Crippen LogP contribution is -2.36. The van der Waals surface area contributed by atoms with Crippen LogP contribution in [0.2, 0.25) is 4.34 Å². The van der Waals surface area contributed by atoms with Crippen LogP contribution in [0.1, 0.15) is 12.8 Å². The quantitative estimate of drug-likeness (QED) is 0.946. The highest BCUT2D eigenvalue weighted by atomic mass is 35.5. The standard InChI is InChI=1S/C13H15ClN4S/c14-12-6-9(8-19-12)11-3-4-16-13(17-11)18-5-1-2-10(18)7-15/h3-4,6,8,10H,1-2,5,7,15H2. The number of hydrogen-bond acceptors (Lipinski definition) is 5. The fourth-order valence-corrected chi connectivity index (χ4v) is 3.31. The third-order valence-electron chi connectivity index (χ3n) is 3.41. The first-order valence-corrected chi connectivity index (χ1v) is 7.58. The first-order chi connectivity index (χ1) is 9.28. The molecule has 2 N–H and O–H groups in total. The van der Waals surface area contributed by atoms with Crippen LogP contribution in [0.5, 0.6) is 0 Å². The molecule has 0 aromatic carbocycles. The minimum atomic E-state index is 0.362. The second-order valence-corrected chi connectivity index (χ2v) is 6.15. The maximum absolute atomic E-state index is 5.97. The molecule has 2 aromatic rings. The molecule has 1 saturated heterocycles. The number of halogens is 1. The Morgan fingerprint density at radius 2 is 2.42 bits per heavy atom. The SMILES string of the molecule is NCC1CCCN1c1nccc(-c2csc(Cl)c2)n1. The molecule has 2 aromatic heterocycles. The number of nitrogens with zero attached hydrogens (tertiary/aromatic N) is 3. The van der Waals surface area contributed by atoms with Gasteiger partial charge in [0.2, 0.25) is 5.95 Å². The van der Waals surface area contributed by atoms with Gasteiger partial charge in [0.1, 0.15) is 0 Å². The van der Waals surface area contributed by atoms with Crippen molar-refractivity contribution in [2.45, 2.75) is 18.9 Å². The zero-order valence-corrected chi connectivity index (χ0v) is 12.0. The van der Waals surface area contributed by atoms with Crippen molar-refractivity contribution in [3.05, 3.63) is 28.0 Å². The minimum Gasteiger partial charge on any atom is -0.337 e. The summed E-state index contributed by atoms with van der Waals surface area (Å²) in [6.07, 6.45) is 4.07. The Bertz CT molecular complexity index is 571. The molecule has 3 rings (SSSR count). The first kappa shape index (κ1) is 12.8. The lowest BCUT2D eigenvalue weighted by atomic mass is 10.2. The van der Waals surface area contributed by atoms with Crippen LogP contribution in [0, 0.1) is 0 Å². The summed E-state index contributed by atoms with van der Waals surface area (Å²) in [6, 6.07) is 4.21. The highest BCUT2D eigenvalue weighted by molar-refractivity contribution is 7.14. The van der Waals surface area contributed by atoms with E-state index in [-0.39, 0.29) is 0 Å². The number of rotatable bonds is 3. The molecule has 6 heteroatoms. The number of anilines is 1. The van der Waals surface area contributed by atoms with Gasteiger partial charge in [0, 0.05) is 36.3 Å². The van der Waals surface area contributed by atoms with E-state index in [1.165, 1.54) is 11.3 Å². The van der Waals surface area contributed by atoms with Gasteiger partial charge in [-0.1, -0.05) is 11.6 Å². The van der Waals surface area contributed by atoms with Crippen molar-refractivity contribution in [1.29, 1.82) is 0 Å². The fraction of sp³-hybridized carbons (Fsp3) is 0.385. The zero-order chi connectivity index (χ0) is 13.2. The third kappa shape index (κ3) is 2.59. The van der Waals surface area contributed by atoms with E-state index in [0.29, 0.717) is 12.6 Å². The van der Waals surface area contributed by atoms with Crippen molar-refractivity contribution in [3.63, 3.8) is 0 Å². The molecular formula is C13H15ClN4S. The van der Waals surface area contributed by atoms with E-state index >= 15 is 0 Å². The largest absolute Gasteiger partial charge is 0.337 e. The van der Waals surface area contributed by atoms with Gasteiger partial charge >= 0.3 is 0 Å². The third-order valence-corrected chi connectivity index (χ3v) is 4.50. The van der Waals surface area contributed by atoms with Crippen LogP contribution in [0.3, 0.4) is 0 Å². The van der Waals surface area contributed by atoms with E-state index < -0.39 is 0 Å². The summed E-state index contributed by atoms with van der Waals surface area (Å²) in [7, 11) is 0. The number of aromatic nitrogens is 2. The average Bonchev–Trinajstić information content (AvgIpc) is 3.07. The minimum absolute atomic E-state index is 0.362. The second kappa shape index (κ2) is 5.45. The van der Waals surface area contributed by atoms with Crippen LogP contribution in [-0.2, 0) is 0 Å². The van der Waals surface area contributed by atoms with Gasteiger partial charge in [-0.05, 0) is 25.0 Å². The van der Waals surface area contributed by atoms with E-state index in [4.69, 9.17) is 17.3 Å².